The zero-order valence-electron chi connectivity index (χ0n) is 11.6. The molecule has 1 aromatic carbocycles. The Kier molecular flexibility index (Phi) is 4.52. The van der Waals surface area contributed by atoms with E-state index in [2.05, 4.69) is 5.32 Å². The van der Waals surface area contributed by atoms with Gasteiger partial charge in [0.1, 0.15) is 11.5 Å². The van der Waals surface area contributed by atoms with E-state index < -0.39 is 22.3 Å². The second-order valence-corrected chi connectivity index (χ2v) is 5.53. The van der Waals surface area contributed by atoms with Crippen LogP contribution in [0.25, 0.3) is 0 Å². The van der Waals surface area contributed by atoms with E-state index in [1.165, 1.54) is 0 Å². The predicted octanol–water partition coefficient (Wildman–Crippen LogP) is 1.03. The van der Waals surface area contributed by atoms with E-state index in [1.54, 1.807) is 4.90 Å². The molecule has 0 radical (unpaired) electrons. The minimum atomic E-state index is -0.833. The largest absolute Gasteiger partial charge is 0.393 e. The molecule has 7 nitrogen and oxygen atoms in total. The first-order valence-electron chi connectivity index (χ1n) is 6.70. The fraction of sp³-hybridized carbons (Fsp3) is 0.462. The monoisotopic (exact) mass is 330 g/mol. The number of hydrogen-bond donors (Lipinski definition) is 2. The Morgan fingerprint density at radius 3 is 2.50 bits per heavy atom. The third-order valence-corrected chi connectivity index (χ3v) is 4.23. The van der Waals surface area contributed by atoms with E-state index in [-0.39, 0.29) is 23.7 Å². The molecule has 0 aromatic heterocycles. The summed E-state index contributed by atoms with van der Waals surface area (Å²) in [5, 5.41) is 14.1. The summed E-state index contributed by atoms with van der Waals surface area (Å²) < 4.78 is 13.5. The molecule has 0 saturated carbocycles. The second-order valence-electron chi connectivity index (χ2n) is 5.53. The van der Waals surface area contributed by atoms with Crippen molar-refractivity contribution in [2.24, 2.45) is 11.8 Å². The molecule has 9 heteroatoms. The van der Waals surface area contributed by atoms with Crippen LogP contribution in [-0.4, -0.2) is 41.9 Å². The van der Waals surface area contributed by atoms with Crippen molar-refractivity contribution in [3.63, 3.8) is 0 Å². The number of nitro groups is 1. The maximum Gasteiger partial charge on any atom is 0.295 e. The summed E-state index contributed by atoms with van der Waals surface area (Å²) in [5.41, 5.74) is 4.69. The first-order valence-corrected chi connectivity index (χ1v) is 6.70. The van der Waals surface area contributed by atoms with Gasteiger partial charge in [-0.15, -0.1) is 12.4 Å². The number of hydrogen-bond acceptors (Lipinski definition) is 5. The number of likely N-dealkylation sites (tertiary alicyclic amines) is 1. The van der Waals surface area contributed by atoms with E-state index in [9.17, 15) is 19.3 Å². The number of nitrogens with two attached hydrogens (primary N) is 1. The molecule has 2 heterocycles. The van der Waals surface area contributed by atoms with Crippen LogP contribution in [0.2, 0.25) is 0 Å². The van der Waals surface area contributed by atoms with Crippen molar-refractivity contribution >= 4 is 29.7 Å². The summed E-state index contributed by atoms with van der Waals surface area (Å²) >= 11 is 0. The number of fused-ring (bicyclic) bond motifs is 1. The summed E-state index contributed by atoms with van der Waals surface area (Å²) in [4.78, 5) is 24.1. The molecular formula is C13H16ClFN4O3. The molecule has 2 aliphatic heterocycles. The molecule has 3 rings (SSSR count). The average molecular weight is 331 g/mol. The van der Waals surface area contributed by atoms with Crippen LogP contribution in [0.5, 0.6) is 0 Å². The molecule has 0 unspecified atom stereocenters. The van der Waals surface area contributed by atoms with Crippen LogP contribution in [0.3, 0.4) is 0 Å². The van der Waals surface area contributed by atoms with Gasteiger partial charge in [0.2, 0.25) is 0 Å². The lowest BCUT2D eigenvalue weighted by Crippen LogP contribution is -2.32. The van der Waals surface area contributed by atoms with Crippen molar-refractivity contribution in [2.45, 2.75) is 0 Å². The fourth-order valence-corrected chi connectivity index (χ4v) is 3.12. The van der Waals surface area contributed by atoms with Crippen LogP contribution in [-0.2, 0) is 0 Å². The number of rotatable bonds is 2. The smallest absolute Gasteiger partial charge is 0.295 e. The Labute approximate surface area is 132 Å². The van der Waals surface area contributed by atoms with Crippen LogP contribution >= 0.6 is 12.4 Å². The summed E-state index contributed by atoms with van der Waals surface area (Å²) in [6.45, 7) is 2.85. The first kappa shape index (κ1) is 16.4. The maximum absolute atomic E-state index is 13.5. The van der Waals surface area contributed by atoms with E-state index >= 15 is 0 Å². The van der Waals surface area contributed by atoms with Gasteiger partial charge in [-0.3, -0.25) is 14.9 Å². The van der Waals surface area contributed by atoms with Crippen molar-refractivity contribution in [2.75, 3.05) is 31.9 Å². The molecule has 0 spiro atoms. The number of nitro benzene ring substituents is 1. The van der Waals surface area contributed by atoms with Crippen molar-refractivity contribution < 1.29 is 14.1 Å². The zero-order chi connectivity index (χ0) is 15.1. The lowest BCUT2D eigenvalue weighted by Gasteiger charge is -2.18. The number of nitrogens with one attached hydrogen (secondary N) is 1. The number of benzene rings is 1. The molecule has 2 atom stereocenters. The van der Waals surface area contributed by atoms with Gasteiger partial charge in [-0.25, -0.2) is 4.39 Å². The summed E-state index contributed by atoms with van der Waals surface area (Å²) in [6, 6.07) is 1.70. The van der Waals surface area contributed by atoms with Gasteiger partial charge < -0.3 is 16.0 Å². The summed E-state index contributed by atoms with van der Waals surface area (Å²) in [7, 11) is 0. The fourth-order valence-electron chi connectivity index (χ4n) is 3.12. The van der Waals surface area contributed by atoms with Crippen molar-refractivity contribution in [1.29, 1.82) is 0 Å². The molecule has 22 heavy (non-hydrogen) atoms. The van der Waals surface area contributed by atoms with Gasteiger partial charge in [-0.05, 0) is 17.9 Å². The number of amides is 1. The first-order chi connectivity index (χ1) is 9.97. The molecule has 2 saturated heterocycles. The van der Waals surface area contributed by atoms with Gasteiger partial charge in [-0.1, -0.05) is 0 Å². The standard InChI is InChI=1S/C13H15FN4O3.ClH/c14-9-1-10(12(15)11(2-9)18(20)21)13(19)17-5-7-3-16-4-8(7)6-17;/h1-2,7-8,16H,3-6,15H2;1H/t7-,8+;. The molecule has 1 amide bonds. The summed E-state index contributed by atoms with van der Waals surface area (Å²) in [5.74, 6) is -0.498. The van der Waals surface area contributed by atoms with E-state index in [0.29, 0.717) is 24.9 Å². The number of carbonyl (C=O) groups excluding carboxylic acids is 1. The van der Waals surface area contributed by atoms with Crippen molar-refractivity contribution in [1.82, 2.24) is 10.2 Å². The third-order valence-electron chi connectivity index (χ3n) is 4.23. The number of carbonyl (C=O) groups is 1. The van der Waals surface area contributed by atoms with E-state index in [0.717, 1.165) is 25.2 Å². The second kappa shape index (κ2) is 6.05. The number of anilines is 1. The average Bonchev–Trinajstić information content (AvgIpc) is 3.00. The molecule has 0 aliphatic carbocycles. The summed E-state index contributed by atoms with van der Waals surface area (Å²) in [6.07, 6.45) is 0. The molecule has 2 fully saturated rings. The molecular weight excluding hydrogens is 315 g/mol. The number of nitrogen functional groups attached to an aromatic ring is 1. The predicted molar refractivity (Wildman–Crippen MR) is 80.5 cm³/mol. The topological polar surface area (TPSA) is 102 Å². The number of nitrogens with zero attached hydrogens (tertiary/aromatic N) is 2. The highest BCUT2D eigenvalue weighted by molar-refractivity contribution is 6.01. The maximum atomic E-state index is 13.5. The van der Waals surface area contributed by atoms with Crippen molar-refractivity contribution in [3.8, 4) is 0 Å². The van der Waals surface area contributed by atoms with Gasteiger partial charge in [0.15, 0.2) is 0 Å². The van der Waals surface area contributed by atoms with Crippen LogP contribution in [0, 0.1) is 27.8 Å². The van der Waals surface area contributed by atoms with Crippen LogP contribution in [0.15, 0.2) is 12.1 Å². The highest BCUT2D eigenvalue weighted by Gasteiger charge is 2.39. The highest BCUT2D eigenvalue weighted by atomic mass is 35.5. The number of halogens is 2. The van der Waals surface area contributed by atoms with Crippen LogP contribution in [0.1, 0.15) is 10.4 Å². The van der Waals surface area contributed by atoms with E-state index in [4.69, 9.17) is 5.73 Å². The molecule has 3 N–H and O–H groups in total. The quantitative estimate of drug-likeness (QED) is 0.479. The lowest BCUT2D eigenvalue weighted by molar-refractivity contribution is -0.384. The Hall–Kier alpha value is -1.93. The van der Waals surface area contributed by atoms with E-state index in [1.807, 2.05) is 0 Å². The van der Waals surface area contributed by atoms with Crippen LogP contribution in [0.4, 0.5) is 15.8 Å². The molecule has 1 aromatic rings. The molecule has 2 aliphatic rings. The van der Waals surface area contributed by atoms with Gasteiger partial charge >= 0.3 is 0 Å². The van der Waals surface area contributed by atoms with Gasteiger partial charge in [0.05, 0.1) is 16.6 Å². The molecule has 0 bridgehead atoms. The van der Waals surface area contributed by atoms with Gasteiger partial charge in [0.25, 0.3) is 11.6 Å². The Balaban J connectivity index is 0.00000176. The Bertz CT molecular complexity index is 616. The normalized spacial score (nSPS) is 23.0. The van der Waals surface area contributed by atoms with Crippen molar-refractivity contribution in [3.05, 3.63) is 33.6 Å². The molecule has 120 valence electrons. The lowest BCUT2D eigenvalue weighted by atomic mass is 10.0. The third kappa shape index (κ3) is 2.71. The van der Waals surface area contributed by atoms with Gasteiger partial charge in [0, 0.05) is 26.2 Å². The minimum absolute atomic E-state index is 0. The Morgan fingerprint density at radius 2 is 1.95 bits per heavy atom. The zero-order valence-corrected chi connectivity index (χ0v) is 12.4. The highest BCUT2D eigenvalue weighted by Crippen LogP contribution is 2.31. The minimum Gasteiger partial charge on any atom is -0.393 e. The SMILES string of the molecule is Cl.Nc1c(C(=O)N2C[C@H]3CNC[C@H]3C2)cc(F)cc1[N+](=O)[O-]. The van der Waals surface area contributed by atoms with Crippen LogP contribution < -0.4 is 11.1 Å². The van der Waals surface area contributed by atoms with Gasteiger partial charge in [-0.2, -0.15) is 0 Å². The Morgan fingerprint density at radius 1 is 1.36 bits per heavy atom.